The van der Waals surface area contributed by atoms with Crippen molar-refractivity contribution < 1.29 is 14.3 Å². The number of thiazole rings is 1. The molecule has 4 rings (SSSR count). The number of alkyl carbamates (subject to hydrolysis) is 1. The number of carbonyl (C=O) groups is 1. The number of benzene rings is 3. The number of rotatable bonds is 17. The van der Waals surface area contributed by atoms with E-state index in [4.69, 9.17) is 9.47 Å². The Morgan fingerprint density at radius 2 is 1.55 bits per heavy atom. The second-order valence-electron chi connectivity index (χ2n) is 10.6. The second kappa shape index (κ2) is 17.3. The van der Waals surface area contributed by atoms with Crippen LogP contribution < -0.4 is 10.1 Å². The van der Waals surface area contributed by atoms with Crippen LogP contribution in [-0.4, -0.2) is 60.8 Å². The van der Waals surface area contributed by atoms with E-state index >= 15 is 0 Å². The zero-order valence-corrected chi connectivity index (χ0v) is 25.5. The van der Waals surface area contributed by atoms with Crippen LogP contribution in [0.2, 0.25) is 0 Å². The molecule has 3 aromatic carbocycles. The van der Waals surface area contributed by atoms with Gasteiger partial charge in [0.05, 0.1) is 25.3 Å². The Balaban J connectivity index is 1.43. The first-order chi connectivity index (χ1) is 20.5. The number of ether oxygens (including phenoxy) is 2. The molecule has 0 aliphatic heterocycles. The molecule has 0 spiro atoms. The van der Waals surface area contributed by atoms with Gasteiger partial charge in [0.15, 0.2) is 0 Å². The molecule has 0 saturated carbocycles. The molecule has 0 aliphatic rings. The zero-order chi connectivity index (χ0) is 29.4. The monoisotopic (exact) mass is 586 g/mol. The third kappa shape index (κ3) is 11.3. The molecular weight excluding hydrogens is 544 g/mol. The fraction of sp³-hybridized carbons (Fsp3) is 0.353. The Kier molecular flexibility index (Phi) is 12.8. The summed E-state index contributed by atoms with van der Waals surface area (Å²) in [6.07, 6.45) is 3.91. The minimum atomic E-state index is -0.405. The Morgan fingerprint density at radius 1 is 0.881 bits per heavy atom. The summed E-state index contributed by atoms with van der Waals surface area (Å²) in [5.74, 6) is 0.894. The summed E-state index contributed by atoms with van der Waals surface area (Å²) in [5.41, 5.74) is 5.48. The van der Waals surface area contributed by atoms with Gasteiger partial charge in [-0.05, 0) is 62.2 Å². The Hall–Kier alpha value is -3.72. The molecule has 4 aromatic rings. The van der Waals surface area contributed by atoms with Gasteiger partial charge in [-0.25, -0.2) is 4.79 Å². The van der Waals surface area contributed by atoms with Crippen LogP contribution in [-0.2, 0) is 30.8 Å². The van der Waals surface area contributed by atoms with Crippen molar-refractivity contribution in [2.45, 2.75) is 44.9 Å². The number of hydrogen-bond donors (Lipinski definition) is 1. The van der Waals surface area contributed by atoms with Crippen LogP contribution in [0.25, 0.3) is 0 Å². The van der Waals surface area contributed by atoms with Crippen LogP contribution in [0.3, 0.4) is 0 Å². The SMILES string of the molecule is CN(C)CCCOc1ccc(CN(Cc2ccccc2)C(CCOC(=O)NCc2cncs2)Cc2ccccc2)cc1. The largest absolute Gasteiger partial charge is 0.494 e. The second-order valence-corrected chi connectivity index (χ2v) is 11.6. The number of nitrogens with one attached hydrogen (secondary N) is 1. The molecular formula is C34H42N4O3S. The van der Waals surface area contributed by atoms with E-state index in [-0.39, 0.29) is 6.04 Å². The first-order valence-corrected chi connectivity index (χ1v) is 15.4. The average Bonchev–Trinajstić information content (AvgIpc) is 3.53. The van der Waals surface area contributed by atoms with Gasteiger partial charge in [0.2, 0.25) is 0 Å². The van der Waals surface area contributed by atoms with Crippen molar-refractivity contribution in [1.29, 1.82) is 0 Å². The Morgan fingerprint density at radius 3 is 2.19 bits per heavy atom. The maximum Gasteiger partial charge on any atom is 0.407 e. The van der Waals surface area contributed by atoms with E-state index in [1.807, 2.05) is 12.1 Å². The number of amides is 1. The average molecular weight is 587 g/mol. The van der Waals surface area contributed by atoms with E-state index in [9.17, 15) is 4.79 Å². The molecule has 0 aliphatic carbocycles. The minimum Gasteiger partial charge on any atom is -0.494 e. The van der Waals surface area contributed by atoms with Crippen molar-refractivity contribution in [2.75, 3.05) is 33.9 Å². The van der Waals surface area contributed by atoms with Crippen molar-refractivity contribution in [3.05, 3.63) is 118 Å². The van der Waals surface area contributed by atoms with E-state index in [0.29, 0.717) is 26.2 Å². The van der Waals surface area contributed by atoms with Crippen LogP contribution in [0, 0.1) is 0 Å². The standard InChI is InChI=1S/C34H42N4O3S/c1-37(2)19-9-20-40-32-16-14-30(15-17-32)26-38(25-29-12-7-4-8-13-29)31(22-28-10-5-3-6-11-28)18-21-41-34(39)36-24-33-23-35-27-42-33/h3-8,10-17,23,27,31H,9,18-22,24-26H2,1-2H3,(H,36,39). The predicted octanol–water partition coefficient (Wildman–Crippen LogP) is 6.40. The normalized spacial score (nSPS) is 11.9. The van der Waals surface area contributed by atoms with Gasteiger partial charge in [-0.1, -0.05) is 72.8 Å². The van der Waals surface area contributed by atoms with Gasteiger partial charge in [0.1, 0.15) is 5.75 Å². The van der Waals surface area contributed by atoms with E-state index < -0.39 is 6.09 Å². The van der Waals surface area contributed by atoms with Gasteiger partial charge >= 0.3 is 6.09 Å². The van der Waals surface area contributed by atoms with Gasteiger partial charge in [-0.2, -0.15) is 0 Å². The number of nitrogens with zero attached hydrogens (tertiary/aromatic N) is 3. The number of aromatic nitrogens is 1. The first-order valence-electron chi connectivity index (χ1n) is 14.5. The lowest BCUT2D eigenvalue weighted by molar-refractivity contribution is 0.112. The van der Waals surface area contributed by atoms with E-state index in [0.717, 1.165) is 43.1 Å². The molecule has 1 heterocycles. The molecule has 1 aromatic heterocycles. The number of carbonyl (C=O) groups excluding carboxylic acids is 1. The predicted molar refractivity (Wildman–Crippen MR) is 170 cm³/mol. The highest BCUT2D eigenvalue weighted by molar-refractivity contribution is 7.09. The lowest BCUT2D eigenvalue weighted by Gasteiger charge is -2.32. The van der Waals surface area contributed by atoms with E-state index in [1.54, 1.807) is 11.7 Å². The molecule has 1 amide bonds. The molecule has 0 fully saturated rings. The Labute approximate surface area is 254 Å². The molecule has 222 valence electrons. The van der Waals surface area contributed by atoms with E-state index in [1.165, 1.54) is 28.0 Å². The number of hydrogen-bond acceptors (Lipinski definition) is 7. The lowest BCUT2D eigenvalue weighted by atomic mass is 10.00. The van der Waals surface area contributed by atoms with Gasteiger partial charge in [-0.15, -0.1) is 11.3 Å². The summed E-state index contributed by atoms with van der Waals surface area (Å²) in [7, 11) is 4.15. The van der Waals surface area contributed by atoms with Crippen LogP contribution in [0.1, 0.15) is 34.4 Å². The molecule has 42 heavy (non-hydrogen) atoms. The third-order valence-corrected chi connectivity index (χ3v) is 7.74. The summed E-state index contributed by atoms with van der Waals surface area (Å²) < 4.78 is 11.6. The van der Waals surface area contributed by atoms with Crippen LogP contribution in [0.4, 0.5) is 4.79 Å². The molecule has 1 atom stereocenters. The molecule has 0 bridgehead atoms. The summed E-state index contributed by atoms with van der Waals surface area (Å²) in [5, 5.41) is 2.83. The highest BCUT2D eigenvalue weighted by atomic mass is 32.1. The van der Waals surface area contributed by atoms with Gasteiger partial charge < -0.3 is 19.7 Å². The quantitative estimate of drug-likeness (QED) is 0.144. The van der Waals surface area contributed by atoms with Crippen molar-refractivity contribution >= 4 is 17.4 Å². The topological polar surface area (TPSA) is 66.9 Å². The van der Waals surface area contributed by atoms with E-state index in [2.05, 4.69) is 107 Å². The molecule has 7 nitrogen and oxygen atoms in total. The van der Waals surface area contributed by atoms with Gasteiger partial charge in [-0.3, -0.25) is 9.88 Å². The lowest BCUT2D eigenvalue weighted by Crippen LogP contribution is -2.37. The zero-order valence-electron chi connectivity index (χ0n) is 24.7. The highest BCUT2D eigenvalue weighted by Crippen LogP contribution is 2.21. The highest BCUT2D eigenvalue weighted by Gasteiger charge is 2.21. The third-order valence-electron chi connectivity index (χ3n) is 6.96. The molecule has 1 unspecified atom stereocenters. The smallest absolute Gasteiger partial charge is 0.407 e. The first kappa shape index (κ1) is 31.2. The minimum absolute atomic E-state index is 0.156. The molecule has 8 heteroatoms. The van der Waals surface area contributed by atoms with Crippen LogP contribution >= 0.6 is 11.3 Å². The summed E-state index contributed by atoms with van der Waals surface area (Å²) in [4.78, 5) is 22.1. The van der Waals surface area contributed by atoms with Crippen molar-refractivity contribution in [3.8, 4) is 5.75 Å². The Bertz CT molecular complexity index is 1290. The fourth-order valence-corrected chi connectivity index (χ4v) is 5.29. The van der Waals surface area contributed by atoms with Crippen molar-refractivity contribution in [1.82, 2.24) is 20.1 Å². The fourth-order valence-electron chi connectivity index (χ4n) is 4.76. The molecule has 0 radical (unpaired) electrons. The molecule has 1 N–H and O–H groups in total. The van der Waals surface area contributed by atoms with Crippen molar-refractivity contribution in [3.63, 3.8) is 0 Å². The van der Waals surface area contributed by atoms with Crippen LogP contribution in [0.5, 0.6) is 5.75 Å². The summed E-state index contributed by atoms with van der Waals surface area (Å²) >= 11 is 1.51. The maximum absolute atomic E-state index is 12.4. The molecule has 0 saturated heterocycles. The summed E-state index contributed by atoms with van der Waals surface area (Å²) in [6, 6.07) is 29.7. The maximum atomic E-state index is 12.4. The van der Waals surface area contributed by atoms with Gasteiger partial charge in [0.25, 0.3) is 0 Å². The van der Waals surface area contributed by atoms with Gasteiger partial charge in [0, 0.05) is 36.8 Å². The van der Waals surface area contributed by atoms with Crippen molar-refractivity contribution in [2.24, 2.45) is 0 Å². The summed E-state index contributed by atoms with van der Waals surface area (Å²) in [6.45, 7) is 4.02. The van der Waals surface area contributed by atoms with Crippen LogP contribution in [0.15, 0.2) is 96.6 Å².